The third-order valence-corrected chi connectivity index (χ3v) is 5.97. The van der Waals surface area contributed by atoms with Gasteiger partial charge in [-0.05, 0) is 113 Å². The van der Waals surface area contributed by atoms with Crippen LogP contribution in [0.3, 0.4) is 0 Å². The highest BCUT2D eigenvalue weighted by molar-refractivity contribution is 5.07. The largest absolute Gasteiger partial charge is 0.370 e. The van der Waals surface area contributed by atoms with E-state index in [4.69, 9.17) is 4.74 Å². The van der Waals surface area contributed by atoms with Gasteiger partial charge in [0.1, 0.15) is 0 Å². The average Bonchev–Trinajstić information content (AvgIpc) is 3.38. The number of hydrogen-bond donors (Lipinski definition) is 0. The fourth-order valence-corrected chi connectivity index (χ4v) is 3.65. The lowest BCUT2D eigenvalue weighted by molar-refractivity contribution is 0.370. The van der Waals surface area contributed by atoms with E-state index in [1.807, 2.05) is 0 Å². The molecule has 1 heterocycles. The van der Waals surface area contributed by atoms with E-state index in [9.17, 15) is 0 Å². The first-order valence-corrected chi connectivity index (χ1v) is 12.2. The van der Waals surface area contributed by atoms with Crippen LogP contribution in [-0.4, -0.2) is 12.2 Å². The van der Waals surface area contributed by atoms with E-state index in [0.29, 0.717) is 12.2 Å². The first kappa shape index (κ1) is 26.7. The molecule has 1 rings (SSSR count). The minimum atomic E-state index is 0.499. The van der Waals surface area contributed by atoms with Crippen molar-refractivity contribution in [2.24, 2.45) is 0 Å². The molecular weight excluding hydrogens is 364 g/mol. The molecule has 0 radical (unpaired) electrons. The maximum atomic E-state index is 5.49. The Balaban J connectivity index is 2.14. The maximum Gasteiger partial charge on any atom is 0.0842 e. The van der Waals surface area contributed by atoms with Crippen molar-refractivity contribution in [3.63, 3.8) is 0 Å². The standard InChI is InChI=1S/C29H48O/c1-23(2)13-10-16-26(5)19-11-17-24(3)14-8-9-15-25(4)18-12-20-27(6)21-22-29-28(7)30-29/h13-15,19-20,28-29H,8-12,16-18,21-22H2,1-7H3/b24-14+,25-15+,26-19+,27-20+. The van der Waals surface area contributed by atoms with Gasteiger partial charge in [-0.1, -0.05) is 58.2 Å². The smallest absolute Gasteiger partial charge is 0.0842 e. The quantitative estimate of drug-likeness (QED) is 0.148. The molecule has 1 saturated heterocycles. The average molecular weight is 413 g/mol. The minimum absolute atomic E-state index is 0.499. The van der Waals surface area contributed by atoms with Gasteiger partial charge < -0.3 is 4.74 Å². The third-order valence-electron chi connectivity index (χ3n) is 5.97. The Labute approximate surface area is 188 Å². The van der Waals surface area contributed by atoms with Crippen LogP contribution in [0.1, 0.15) is 113 Å². The second-order valence-electron chi connectivity index (χ2n) is 9.60. The molecule has 0 saturated carbocycles. The van der Waals surface area contributed by atoms with Gasteiger partial charge >= 0.3 is 0 Å². The summed E-state index contributed by atoms with van der Waals surface area (Å²) in [7, 11) is 0. The molecule has 0 N–H and O–H groups in total. The Hall–Kier alpha value is -1.34. The molecule has 1 nitrogen and oxygen atoms in total. The molecule has 0 aromatic carbocycles. The van der Waals surface area contributed by atoms with Gasteiger partial charge in [0, 0.05) is 0 Å². The van der Waals surface area contributed by atoms with E-state index in [1.165, 1.54) is 92.1 Å². The Kier molecular flexibility index (Phi) is 13.8. The molecule has 0 aliphatic carbocycles. The van der Waals surface area contributed by atoms with Crippen LogP contribution in [0.5, 0.6) is 0 Å². The van der Waals surface area contributed by atoms with E-state index in [1.54, 1.807) is 0 Å². The molecule has 0 bridgehead atoms. The summed E-state index contributed by atoms with van der Waals surface area (Å²) in [5, 5.41) is 0. The summed E-state index contributed by atoms with van der Waals surface area (Å²) >= 11 is 0. The van der Waals surface area contributed by atoms with Crippen molar-refractivity contribution in [2.45, 2.75) is 125 Å². The summed E-state index contributed by atoms with van der Waals surface area (Å²) in [6, 6.07) is 0. The van der Waals surface area contributed by atoms with Gasteiger partial charge in [-0.25, -0.2) is 0 Å². The second kappa shape index (κ2) is 15.5. The van der Waals surface area contributed by atoms with Gasteiger partial charge in [0.05, 0.1) is 12.2 Å². The van der Waals surface area contributed by atoms with Crippen LogP contribution in [0.25, 0.3) is 0 Å². The lowest BCUT2D eigenvalue weighted by Crippen LogP contribution is -1.90. The summed E-state index contributed by atoms with van der Waals surface area (Å²) in [4.78, 5) is 0. The zero-order valence-corrected chi connectivity index (χ0v) is 21.0. The van der Waals surface area contributed by atoms with Crippen LogP contribution in [0.15, 0.2) is 58.2 Å². The van der Waals surface area contributed by atoms with Gasteiger partial charge in [0.2, 0.25) is 0 Å². The van der Waals surface area contributed by atoms with E-state index in [2.05, 4.69) is 78.8 Å². The molecule has 0 aromatic rings. The van der Waals surface area contributed by atoms with Crippen molar-refractivity contribution in [3.8, 4) is 0 Å². The summed E-state index contributed by atoms with van der Waals surface area (Å²) in [5.41, 5.74) is 7.52. The van der Waals surface area contributed by atoms with Gasteiger partial charge in [-0.15, -0.1) is 0 Å². The normalized spacial score (nSPS) is 20.5. The number of unbranched alkanes of at least 4 members (excludes halogenated alkanes) is 1. The number of ether oxygens (including phenoxy) is 1. The fourth-order valence-electron chi connectivity index (χ4n) is 3.65. The van der Waals surface area contributed by atoms with Crippen molar-refractivity contribution in [2.75, 3.05) is 0 Å². The van der Waals surface area contributed by atoms with Crippen molar-refractivity contribution >= 4 is 0 Å². The van der Waals surface area contributed by atoms with Crippen LogP contribution < -0.4 is 0 Å². The molecule has 170 valence electrons. The molecule has 30 heavy (non-hydrogen) atoms. The van der Waals surface area contributed by atoms with Crippen LogP contribution in [0.4, 0.5) is 0 Å². The van der Waals surface area contributed by atoms with Gasteiger partial charge in [-0.2, -0.15) is 0 Å². The first-order valence-electron chi connectivity index (χ1n) is 12.2. The summed E-state index contributed by atoms with van der Waals surface area (Å²) in [5.74, 6) is 0. The molecule has 2 atom stereocenters. The number of rotatable bonds is 15. The predicted molar refractivity (Wildman–Crippen MR) is 135 cm³/mol. The topological polar surface area (TPSA) is 12.5 Å². The zero-order chi connectivity index (χ0) is 22.4. The molecule has 1 aliphatic rings. The van der Waals surface area contributed by atoms with Crippen molar-refractivity contribution in [1.82, 2.24) is 0 Å². The molecule has 0 spiro atoms. The summed E-state index contributed by atoms with van der Waals surface area (Å²) in [6.07, 6.45) is 24.9. The van der Waals surface area contributed by atoms with E-state index in [-0.39, 0.29) is 0 Å². The summed E-state index contributed by atoms with van der Waals surface area (Å²) in [6.45, 7) is 15.6. The predicted octanol–water partition coefficient (Wildman–Crippen LogP) is 9.43. The van der Waals surface area contributed by atoms with Crippen LogP contribution in [0.2, 0.25) is 0 Å². The number of hydrogen-bond acceptors (Lipinski definition) is 1. The van der Waals surface area contributed by atoms with Crippen molar-refractivity contribution in [3.05, 3.63) is 58.2 Å². The van der Waals surface area contributed by atoms with Crippen molar-refractivity contribution in [1.29, 1.82) is 0 Å². The minimum Gasteiger partial charge on any atom is -0.370 e. The van der Waals surface area contributed by atoms with E-state index < -0.39 is 0 Å². The van der Waals surface area contributed by atoms with Gasteiger partial charge in [0.15, 0.2) is 0 Å². The maximum absolute atomic E-state index is 5.49. The highest BCUT2D eigenvalue weighted by Gasteiger charge is 2.32. The third kappa shape index (κ3) is 14.6. The molecule has 0 aromatic heterocycles. The summed E-state index contributed by atoms with van der Waals surface area (Å²) < 4.78 is 5.49. The molecule has 0 amide bonds. The Morgan fingerprint density at radius 3 is 1.33 bits per heavy atom. The lowest BCUT2D eigenvalue weighted by Gasteiger charge is -2.03. The molecule has 1 aliphatic heterocycles. The molecule has 1 fully saturated rings. The Morgan fingerprint density at radius 2 is 0.933 bits per heavy atom. The van der Waals surface area contributed by atoms with Gasteiger partial charge in [0.25, 0.3) is 0 Å². The SMILES string of the molecule is CC(C)=CCC/C(C)=C/CC/C(C)=C/CC/C=C(\C)CC/C=C(\C)CCC1OC1C. The highest BCUT2D eigenvalue weighted by Crippen LogP contribution is 2.27. The van der Waals surface area contributed by atoms with E-state index >= 15 is 0 Å². The molecule has 1 heteroatoms. The van der Waals surface area contributed by atoms with Gasteiger partial charge in [-0.3, -0.25) is 0 Å². The van der Waals surface area contributed by atoms with E-state index in [0.717, 1.165) is 0 Å². The Morgan fingerprint density at radius 1 is 0.567 bits per heavy atom. The number of epoxide rings is 1. The second-order valence-corrected chi connectivity index (χ2v) is 9.60. The number of allylic oxidation sites excluding steroid dienone is 10. The first-order chi connectivity index (χ1) is 14.3. The van der Waals surface area contributed by atoms with Crippen LogP contribution >= 0.6 is 0 Å². The lowest BCUT2D eigenvalue weighted by atomic mass is 10.0. The molecule has 2 unspecified atom stereocenters. The molecular formula is C29H48O. The van der Waals surface area contributed by atoms with Crippen LogP contribution in [0, 0.1) is 0 Å². The fraction of sp³-hybridized carbons (Fsp3) is 0.655. The van der Waals surface area contributed by atoms with Crippen molar-refractivity contribution < 1.29 is 4.74 Å². The monoisotopic (exact) mass is 412 g/mol. The van der Waals surface area contributed by atoms with Crippen LogP contribution in [-0.2, 0) is 4.74 Å². The highest BCUT2D eigenvalue weighted by atomic mass is 16.6. The Bertz CT molecular complexity index is 637. The zero-order valence-electron chi connectivity index (χ0n) is 21.0.